The second-order valence-electron chi connectivity index (χ2n) is 3.64. The highest BCUT2D eigenvalue weighted by atomic mass is 19.4. The molecular formula is C11H10F3N3O. The monoisotopic (exact) mass is 257 g/mol. The maximum atomic E-state index is 12.4. The summed E-state index contributed by atoms with van der Waals surface area (Å²) in [4.78, 5) is 0. The Labute approximate surface area is 101 Å². The van der Waals surface area contributed by atoms with Crippen molar-refractivity contribution in [3.63, 3.8) is 0 Å². The highest BCUT2D eigenvalue weighted by Crippen LogP contribution is 2.32. The number of halogens is 3. The number of aromatic nitrogens is 1. The van der Waals surface area contributed by atoms with E-state index in [1.165, 1.54) is 12.3 Å². The summed E-state index contributed by atoms with van der Waals surface area (Å²) in [5, 5.41) is 6.54. The first-order valence-electron chi connectivity index (χ1n) is 5.06. The minimum Gasteiger partial charge on any atom is -0.397 e. The SMILES string of the molecule is Nc1cc(C(F)(F)F)ccc1NCc1ccon1. The summed E-state index contributed by atoms with van der Waals surface area (Å²) in [6, 6.07) is 4.80. The second-order valence-corrected chi connectivity index (χ2v) is 3.64. The Hall–Kier alpha value is -2.18. The van der Waals surface area contributed by atoms with Gasteiger partial charge in [-0.3, -0.25) is 0 Å². The molecule has 2 aromatic rings. The van der Waals surface area contributed by atoms with E-state index in [0.29, 0.717) is 17.9 Å². The molecule has 0 unspecified atom stereocenters. The van der Waals surface area contributed by atoms with Crippen LogP contribution in [0.5, 0.6) is 0 Å². The van der Waals surface area contributed by atoms with Gasteiger partial charge in [0.05, 0.1) is 23.5 Å². The van der Waals surface area contributed by atoms with Gasteiger partial charge >= 0.3 is 6.18 Å². The fourth-order valence-corrected chi connectivity index (χ4v) is 1.41. The molecule has 0 atom stereocenters. The molecule has 0 aliphatic carbocycles. The maximum absolute atomic E-state index is 12.4. The molecule has 1 heterocycles. The molecule has 0 saturated carbocycles. The lowest BCUT2D eigenvalue weighted by atomic mass is 10.1. The van der Waals surface area contributed by atoms with Crippen molar-refractivity contribution in [2.24, 2.45) is 0 Å². The number of nitrogens with zero attached hydrogens (tertiary/aromatic N) is 1. The van der Waals surface area contributed by atoms with E-state index in [1.807, 2.05) is 0 Å². The van der Waals surface area contributed by atoms with Crippen LogP contribution in [0.15, 0.2) is 35.1 Å². The maximum Gasteiger partial charge on any atom is 0.416 e. The van der Waals surface area contributed by atoms with Crippen LogP contribution < -0.4 is 11.1 Å². The van der Waals surface area contributed by atoms with Crippen LogP contribution in [0.4, 0.5) is 24.5 Å². The van der Waals surface area contributed by atoms with Crippen molar-refractivity contribution in [2.75, 3.05) is 11.1 Å². The molecular weight excluding hydrogens is 247 g/mol. The van der Waals surface area contributed by atoms with Gasteiger partial charge in [-0.2, -0.15) is 13.2 Å². The average Bonchev–Trinajstić information content (AvgIpc) is 2.79. The normalized spacial score (nSPS) is 11.5. The summed E-state index contributed by atoms with van der Waals surface area (Å²) in [5.41, 5.74) is 5.87. The van der Waals surface area contributed by atoms with Gasteiger partial charge in [0.15, 0.2) is 0 Å². The number of hydrogen-bond acceptors (Lipinski definition) is 4. The third-order valence-electron chi connectivity index (χ3n) is 2.33. The van der Waals surface area contributed by atoms with Crippen molar-refractivity contribution in [2.45, 2.75) is 12.7 Å². The van der Waals surface area contributed by atoms with Crippen molar-refractivity contribution in [3.05, 3.63) is 41.8 Å². The zero-order chi connectivity index (χ0) is 13.2. The molecule has 7 heteroatoms. The van der Waals surface area contributed by atoms with E-state index in [0.717, 1.165) is 12.1 Å². The highest BCUT2D eigenvalue weighted by Gasteiger charge is 2.30. The van der Waals surface area contributed by atoms with Crippen molar-refractivity contribution in [1.29, 1.82) is 0 Å². The third-order valence-corrected chi connectivity index (χ3v) is 2.33. The molecule has 4 nitrogen and oxygen atoms in total. The Morgan fingerprint density at radius 3 is 2.61 bits per heavy atom. The van der Waals surface area contributed by atoms with Gasteiger partial charge in [-0.05, 0) is 18.2 Å². The smallest absolute Gasteiger partial charge is 0.397 e. The fraction of sp³-hybridized carbons (Fsp3) is 0.182. The summed E-state index contributed by atoms with van der Waals surface area (Å²) in [6.45, 7) is 0.325. The Balaban J connectivity index is 2.10. The quantitative estimate of drug-likeness (QED) is 0.830. The fourth-order valence-electron chi connectivity index (χ4n) is 1.41. The number of nitrogen functional groups attached to an aromatic ring is 1. The minimum absolute atomic E-state index is 0.0355. The van der Waals surface area contributed by atoms with Gasteiger partial charge < -0.3 is 15.6 Å². The molecule has 3 N–H and O–H groups in total. The number of hydrogen-bond donors (Lipinski definition) is 2. The highest BCUT2D eigenvalue weighted by molar-refractivity contribution is 5.67. The van der Waals surface area contributed by atoms with E-state index in [9.17, 15) is 13.2 Å². The number of nitrogens with two attached hydrogens (primary N) is 1. The van der Waals surface area contributed by atoms with E-state index in [1.54, 1.807) is 6.07 Å². The molecule has 0 aliphatic rings. The van der Waals surface area contributed by atoms with Gasteiger partial charge in [-0.15, -0.1) is 0 Å². The lowest BCUT2D eigenvalue weighted by Crippen LogP contribution is -2.08. The Kier molecular flexibility index (Phi) is 3.14. The third kappa shape index (κ3) is 2.73. The molecule has 1 aromatic heterocycles. The van der Waals surface area contributed by atoms with E-state index in [2.05, 4.69) is 15.0 Å². The summed E-state index contributed by atoms with van der Waals surface area (Å²) in [7, 11) is 0. The van der Waals surface area contributed by atoms with Crippen LogP contribution in [-0.4, -0.2) is 5.16 Å². The van der Waals surface area contributed by atoms with Crippen molar-refractivity contribution >= 4 is 11.4 Å². The van der Waals surface area contributed by atoms with Gasteiger partial charge in [0.2, 0.25) is 0 Å². The first kappa shape index (κ1) is 12.3. The van der Waals surface area contributed by atoms with E-state index < -0.39 is 11.7 Å². The molecule has 0 saturated heterocycles. The lowest BCUT2D eigenvalue weighted by Gasteiger charge is -2.11. The Bertz CT molecular complexity index is 523. The number of nitrogens with one attached hydrogen (secondary N) is 1. The molecule has 96 valence electrons. The molecule has 0 fully saturated rings. The molecule has 0 spiro atoms. The van der Waals surface area contributed by atoms with Gasteiger partial charge in [0.1, 0.15) is 12.0 Å². The van der Waals surface area contributed by atoms with Gasteiger partial charge in [0.25, 0.3) is 0 Å². The number of benzene rings is 1. The minimum atomic E-state index is -4.39. The molecule has 0 amide bonds. The van der Waals surface area contributed by atoms with Crippen LogP contribution in [-0.2, 0) is 12.7 Å². The van der Waals surface area contributed by atoms with E-state index in [4.69, 9.17) is 5.73 Å². The first-order chi connectivity index (χ1) is 8.47. The zero-order valence-electron chi connectivity index (χ0n) is 9.16. The topological polar surface area (TPSA) is 64.1 Å². The standard InChI is InChI=1S/C11H10F3N3O/c12-11(13,14)7-1-2-10(9(15)5-7)16-6-8-3-4-18-17-8/h1-5,16H,6,15H2. The molecule has 18 heavy (non-hydrogen) atoms. The molecule has 0 radical (unpaired) electrons. The van der Waals surface area contributed by atoms with Crippen LogP contribution >= 0.6 is 0 Å². The Morgan fingerprint density at radius 1 is 1.28 bits per heavy atom. The van der Waals surface area contributed by atoms with Gasteiger partial charge in [0, 0.05) is 6.07 Å². The van der Waals surface area contributed by atoms with Crippen LogP contribution in [0.3, 0.4) is 0 Å². The number of rotatable bonds is 3. The summed E-state index contributed by atoms with van der Waals surface area (Å²) in [5.74, 6) is 0. The number of alkyl halides is 3. The predicted molar refractivity (Wildman–Crippen MR) is 59.7 cm³/mol. The van der Waals surface area contributed by atoms with Gasteiger partial charge in [-0.1, -0.05) is 5.16 Å². The average molecular weight is 257 g/mol. The molecule has 0 bridgehead atoms. The predicted octanol–water partition coefficient (Wildman–Crippen LogP) is 2.89. The van der Waals surface area contributed by atoms with E-state index in [-0.39, 0.29) is 5.69 Å². The largest absolute Gasteiger partial charge is 0.416 e. The van der Waals surface area contributed by atoms with Crippen molar-refractivity contribution in [1.82, 2.24) is 5.16 Å². The van der Waals surface area contributed by atoms with Crippen molar-refractivity contribution < 1.29 is 17.7 Å². The summed E-state index contributed by atoms with van der Waals surface area (Å²) >= 11 is 0. The van der Waals surface area contributed by atoms with Crippen molar-refractivity contribution in [3.8, 4) is 0 Å². The second kappa shape index (κ2) is 4.59. The number of anilines is 2. The van der Waals surface area contributed by atoms with Gasteiger partial charge in [-0.25, -0.2) is 0 Å². The van der Waals surface area contributed by atoms with Crippen LogP contribution in [0.2, 0.25) is 0 Å². The lowest BCUT2D eigenvalue weighted by molar-refractivity contribution is -0.137. The van der Waals surface area contributed by atoms with E-state index >= 15 is 0 Å². The summed E-state index contributed by atoms with van der Waals surface area (Å²) in [6.07, 6.45) is -2.98. The first-order valence-corrected chi connectivity index (χ1v) is 5.06. The van der Waals surface area contributed by atoms with Crippen LogP contribution in [0.25, 0.3) is 0 Å². The zero-order valence-corrected chi connectivity index (χ0v) is 9.16. The molecule has 0 aliphatic heterocycles. The summed E-state index contributed by atoms with van der Waals surface area (Å²) < 4.78 is 41.9. The van der Waals surface area contributed by atoms with Crippen LogP contribution in [0, 0.1) is 0 Å². The molecule has 1 aromatic carbocycles. The molecule has 2 rings (SSSR count). The Morgan fingerprint density at radius 2 is 2.06 bits per heavy atom. The van der Waals surface area contributed by atoms with Crippen LogP contribution in [0.1, 0.15) is 11.3 Å².